The van der Waals surface area contributed by atoms with Crippen LogP contribution in [0.5, 0.6) is 0 Å². The molecule has 0 amide bonds. The zero-order chi connectivity index (χ0) is 7.14. The number of alkyl halides is 1. The van der Waals surface area contributed by atoms with Gasteiger partial charge in [0.25, 0.3) is 0 Å². The van der Waals surface area contributed by atoms with Crippen molar-refractivity contribution in [1.82, 2.24) is 0 Å². The highest BCUT2D eigenvalue weighted by Crippen LogP contribution is 2.19. The number of hydrogen-bond donors (Lipinski definition) is 2. The van der Waals surface area contributed by atoms with Gasteiger partial charge in [-0.3, -0.25) is 0 Å². The third kappa shape index (κ3) is 1.36. The van der Waals surface area contributed by atoms with Crippen LogP contribution in [0.2, 0.25) is 0 Å². The van der Waals surface area contributed by atoms with Crippen LogP contribution in [0.25, 0.3) is 0 Å². The van der Waals surface area contributed by atoms with Crippen molar-refractivity contribution in [3.05, 3.63) is 0 Å². The highest BCUT2D eigenvalue weighted by molar-refractivity contribution is 5.85. The molecule has 0 aromatic carbocycles. The molecule has 0 aliphatic carbocycles. The Labute approximate surface area is 70.3 Å². The third-order valence-corrected chi connectivity index (χ3v) is 2.27. The van der Waals surface area contributed by atoms with Gasteiger partial charge in [0.05, 0.1) is 6.61 Å². The molecule has 3 N–H and O–H groups in total. The summed E-state index contributed by atoms with van der Waals surface area (Å²) in [5.41, 5.74) is 0. The number of ether oxygens (including phenoxy) is 1. The second kappa shape index (κ2) is 3.23. The average Bonchev–Trinajstić information content (AvgIpc) is 2.41. The molecule has 0 radical (unpaired) electrons. The number of halogens is 2. The van der Waals surface area contributed by atoms with Crippen molar-refractivity contribution in [3.8, 4) is 0 Å². The van der Waals surface area contributed by atoms with Crippen molar-refractivity contribution in [2.75, 3.05) is 13.2 Å². The third-order valence-electron chi connectivity index (χ3n) is 2.27. The van der Waals surface area contributed by atoms with Crippen LogP contribution in [-0.4, -0.2) is 42.7 Å². The van der Waals surface area contributed by atoms with E-state index in [1.54, 1.807) is 0 Å². The summed E-state index contributed by atoms with van der Waals surface area (Å²) in [6.07, 6.45) is -1.71. The van der Waals surface area contributed by atoms with Crippen LogP contribution in [0.4, 0.5) is 4.39 Å². The monoisotopic (exact) mass is 184 g/mol. The van der Waals surface area contributed by atoms with Crippen LogP contribution in [0.1, 0.15) is 0 Å². The molecule has 11 heavy (non-hydrogen) atoms. The summed E-state index contributed by atoms with van der Waals surface area (Å²) in [5.74, 6) is 0. The van der Waals surface area contributed by atoms with Gasteiger partial charge in [0, 0.05) is 0 Å². The number of hydrogen-bond acceptors (Lipinski definition) is 2. The Bertz CT molecular complexity index is 133. The fourth-order valence-electron chi connectivity index (χ4n) is 1.71. The molecule has 0 saturated carbocycles. The molecular weight excluding hydrogens is 173 g/mol. The van der Waals surface area contributed by atoms with Crippen LogP contribution in [0, 0.1) is 0 Å². The minimum atomic E-state index is -0.887. The van der Waals surface area contributed by atoms with Gasteiger partial charge in [0.15, 0.2) is 6.17 Å². The lowest BCUT2D eigenvalue weighted by Crippen LogP contribution is -2.89. The van der Waals surface area contributed by atoms with Crippen LogP contribution in [-0.2, 0) is 4.74 Å². The number of nitrogens with two attached hydrogens (primary N) is 1. The maximum absolute atomic E-state index is 12.8. The van der Waals surface area contributed by atoms with Crippen LogP contribution in [0.3, 0.4) is 0 Å². The molecule has 2 rings (SSSR count). The molecule has 5 heteroatoms. The Morgan fingerprint density at radius 3 is 2.91 bits per heavy atom. The van der Waals surface area contributed by atoms with Gasteiger partial charge in [0.1, 0.15) is 24.8 Å². The molecule has 2 aliphatic rings. The number of aliphatic hydroxyl groups is 1. The Kier molecular flexibility index (Phi) is 2.70. The smallest absolute Gasteiger partial charge is 0.180 e. The molecule has 0 aromatic rings. The number of fused-ring (bicyclic) bond motifs is 1. The summed E-state index contributed by atoms with van der Waals surface area (Å²) in [6, 6.07) is -0.0463. The minimum absolute atomic E-state index is 0. The molecule has 2 fully saturated rings. The summed E-state index contributed by atoms with van der Waals surface area (Å²) in [4.78, 5) is 0. The lowest BCUT2D eigenvalue weighted by atomic mass is 10.1. The first-order valence-electron chi connectivity index (χ1n) is 3.56. The first-order valence-corrected chi connectivity index (χ1v) is 3.56. The van der Waals surface area contributed by atoms with E-state index in [0.717, 1.165) is 0 Å². The van der Waals surface area contributed by atoms with E-state index in [9.17, 15) is 9.50 Å². The molecule has 0 spiro atoms. The molecule has 4 atom stereocenters. The molecule has 0 bridgehead atoms. The SMILES string of the molecule is Cl.O[C@H]1CO[C@H]2[C@@H]1[NH2+]C[C@@H]2F. The molecule has 0 unspecified atom stereocenters. The van der Waals surface area contributed by atoms with Gasteiger partial charge in [-0.25, -0.2) is 4.39 Å². The fraction of sp³-hybridized carbons (Fsp3) is 1.00. The van der Waals surface area contributed by atoms with Crippen LogP contribution in [0.15, 0.2) is 0 Å². The summed E-state index contributed by atoms with van der Waals surface area (Å²) >= 11 is 0. The van der Waals surface area contributed by atoms with Crippen molar-refractivity contribution >= 4 is 12.4 Å². The maximum atomic E-state index is 12.8. The van der Waals surface area contributed by atoms with Crippen molar-refractivity contribution in [2.45, 2.75) is 24.4 Å². The van der Waals surface area contributed by atoms with E-state index < -0.39 is 12.3 Å². The van der Waals surface area contributed by atoms with Gasteiger partial charge in [0.2, 0.25) is 0 Å². The van der Waals surface area contributed by atoms with E-state index in [4.69, 9.17) is 4.74 Å². The van der Waals surface area contributed by atoms with Crippen LogP contribution < -0.4 is 5.32 Å². The molecule has 2 aliphatic heterocycles. The highest BCUT2D eigenvalue weighted by Gasteiger charge is 2.49. The minimum Gasteiger partial charge on any atom is -0.384 e. The molecule has 66 valence electrons. The first-order chi connectivity index (χ1) is 4.79. The number of rotatable bonds is 0. The van der Waals surface area contributed by atoms with E-state index >= 15 is 0 Å². The molecule has 2 saturated heterocycles. The largest absolute Gasteiger partial charge is 0.384 e. The highest BCUT2D eigenvalue weighted by atomic mass is 35.5. The lowest BCUT2D eigenvalue weighted by molar-refractivity contribution is -0.677. The lowest BCUT2D eigenvalue weighted by Gasteiger charge is -2.05. The Balaban J connectivity index is 0.000000605. The van der Waals surface area contributed by atoms with Crippen molar-refractivity contribution in [1.29, 1.82) is 0 Å². The van der Waals surface area contributed by atoms with Gasteiger partial charge >= 0.3 is 0 Å². The second-order valence-electron chi connectivity index (χ2n) is 2.93. The second-order valence-corrected chi connectivity index (χ2v) is 2.93. The predicted molar refractivity (Wildman–Crippen MR) is 38.5 cm³/mol. The van der Waals surface area contributed by atoms with E-state index in [1.807, 2.05) is 5.32 Å². The summed E-state index contributed by atoms with van der Waals surface area (Å²) < 4.78 is 17.8. The first kappa shape index (κ1) is 9.19. The zero-order valence-corrected chi connectivity index (χ0v) is 6.76. The van der Waals surface area contributed by atoms with E-state index in [-0.39, 0.29) is 24.6 Å². The molecule has 2 heterocycles. The van der Waals surface area contributed by atoms with Crippen LogP contribution >= 0.6 is 12.4 Å². The van der Waals surface area contributed by atoms with Crippen molar-refractivity contribution in [2.24, 2.45) is 0 Å². The van der Waals surface area contributed by atoms with E-state index in [2.05, 4.69) is 0 Å². The average molecular weight is 185 g/mol. The van der Waals surface area contributed by atoms with E-state index in [1.165, 1.54) is 0 Å². The molecule has 3 nitrogen and oxygen atoms in total. The molecule has 0 aromatic heterocycles. The summed E-state index contributed by atoms with van der Waals surface area (Å²) in [7, 11) is 0. The van der Waals surface area contributed by atoms with E-state index in [0.29, 0.717) is 13.2 Å². The van der Waals surface area contributed by atoms with Crippen molar-refractivity contribution in [3.63, 3.8) is 0 Å². The predicted octanol–water partition coefficient (Wildman–Crippen LogP) is -1.55. The quantitative estimate of drug-likeness (QED) is 0.479. The van der Waals surface area contributed by atoms with Gasteiger partial charge in [-0.2, -0.15) is 0 Å². The van der Waals surface area contributed by atoms with Gasteiger partial charge in [-0.1, -0.05) is 0 Å². The topological polar surface area (TPSA) is 46.1 Å². The van der Waals surface area contributed by atoms with Crippen molar-refractivity contribution < 1.29 is 19.6 Å². The van der Waals surface area contributed by atoms with Gasteiger partial charge in [-0.05, 0) is 0 Å². The number of aliphatic hydroxyl groups excluding tert-OH is 1. The van der Waals surface area contributed by atoms with Gasteiger partial charge in [-0.15, -0.1) is 12.4 Å². The summed E-state index contributed by atoms with van der Waals surface area (Å²) in [5, 5.41) is 11.0. The summed E-state index contributed by atoms with van der Waals surface area (Å²) in [6.45, 7) is 0.735. The number of quaternary nitrogens is 1. The fourth-order valence-corrected chi connectivity index (χ4v) is 1.71. The molecular formula is C6H12ClFNO2+. The Morgan fingerprint density at radius 2 is 2.27 bits per heavy atom. The Morgan fingerprint density at radius 1 is 1.55 bits per heavy atom. The zero-order valence-electron chi connectivity index (χ0n) is 5.94. The Hall–Kier alpha value is 0.1000. The maximum Gasteiger partial charge on any atom is 0.180 e. The van der Waals surface area contributed by atoms with Gasteiger partial charge < -0.3 is 15.2 Å². The normalized spacial score (nSPS) is 48.5. The standard InChI is InChI=1S/C6H10FNO2.ClH/c7-3-1-8-5-4(9)2-10-6(3)5;/h3-6,8-9H,1-2H2;1H/p+1/t3-,4-,5+,6+;/m0./s1.